The van der Waals surface area contributed by atoms with Gasteiger partial charge in [-0.3, -0.25) is 4.79 Å². The van der Waals surface area contributed by atoms with Gasteiger partial charge in [0.25, 0.3) is 5.91 Å². The van der Waals surface area contributed by atoms with Gasteiger partial charge in [-0.2, -0.15) is 0 Å². The fraction of sp³-hybridized carbons (Fsp3) is 0.111. The summed E-state index contributed by atoms with van der Waals surface area (Å²) in [5.41, 5.74) is 2.02. The fourth-order valence-electron chi connectivity index (χ4n) is 2.30. The zero-order chi connectivity index (χ0) is 18.0. The number of hydrogen-bond donors (Lipinski definition) is 1. The molecule has 4 nitrogen and oxygen atoms in total. The lowest BCUT2D eigenvalue weighted by molar-refractivity contribution is -0.118. The van der Waals surface area contributed by atoms with E-state index in [0.717, 1.165) is 15.6 Å². The van der Waals surface area contributed by atoms with E-state index in [1.807, 2.05) is 31.2 Å². The average Bonchev–Trinajstić information content (AvgIpc) is 2.56. The van der Waals surface area contributed by atoms with Crippen LogP contribution in [0.15, 0.2) is 46.9 Å². The molecule has 0 spiro atoms. The molecule has 0 atom stereocenters. The number of rotatable bonds is 4. The fourth-order valence-corrected chi connectivity index (χ4v) is 3.13. The van der Waals surface area contributed by atoms with Crippen molar-refractivity contribution in [3.05, 3.63) is 62.7 Å². The molecule has 1 aromatic heterocycles. The molecule has 0 fully saturated rings. The van der Waals surface area contributed by atoms with Gasteiger partial charge in [-0.25, -0.2) is 4.98 Å². The van der Waals surface area contributed by atoms with Crippen molar-refractivity contribution in [2.24, 2.45) is 0 Å². The summed E-state index contributed by atoms with van der Waals surface area (Å²) in [5.74, 6) is 0.0462. The highest BCUT2D eigenvalue weighted by atomic mass is 79.9. The molecule has 2 aromatic carbocycles. The number of nitrogens with zero attached hydrogens (tertiary/aromatic N) is 1. The van der Waals surface area contributed by atoms with Gasteiger partial charge in [-0.15, -0.1) is 0 Å². The lowest BCUT2D eigenvalue weighted by Crippen LogP contribution is -2.20. The highest BCUT2D eigenvalue weighted by molar-refractivity contribution is 9.10. The molecule has 1 heterocycles. The zero-order valence-electron chi connectivity index (χ0n) is 13.1. The lowest BCUT2D eigenvalue weighted by Gasteiger charge is -2.12. The molecule has 0 aliphatic rings. The molecule has 128 valence electrons. The van der Waals surface area contributed by atoms with Crippen LogP contribution in [0.5, 0.6) is 5.75 Å². The maximum Gasteiger partial charge on any atom is 0.262 e. The second-order valence-electron chi connectivity index (χ2n) is 5.36. The minimum atomic E-state index is -0.297. The normalized spacial score (nSPS) is 10.7. The first-order chi connectivity index (χ1) is 11.9. The third-order valence-electron chi connectivity index (χ3n) is 3.45. The second-order valence-corrected chi connectivity index (χ2v) is 7.09. The molecule has 0 aliphatic heterocycles. The molecule has 0 bridgehead atoms. The van der Waals surface area contributed by atoms with E-state index in [1.54, 1.807) is 18.2 Å². The zero-order valence-corrected chi connectivity index (χ0v) is 16.2. The Balaban J connectivity index is 1.79. The molecule has 7 heteroatoms. The number of nitrogens with one attached hydrogen (secondary N) is 1. The number of aromatic nitrogens is 1. The summed E-state index contributed by atoms with van der Waals surface area (Å²) >= 11 is 15.8. The largest absolute Gasteiger partial charge is 0.480 e. The van der Waals surface area contributed by atoms with E-state index in [4.69, 9.17) is 27.9 Å². The first kappa shape index (κ1) is 18.0. The van der Waals surface area contributed by atoms with E-state index in [0.29, 0.717) is 27.0 Å². The van der Waals surface area contributed by atoms with E-state index in [2.05, 4.69) is 26.2 Å². The van der Waals surface area contributed by atoms with Gasteiger partial charge >= 0.3 is 0 Å². The first-order valence-electron chi connectivity index (χ1n) is 7.37. The predicted octanol–water partition coefficient (Wildman–Crippen LogP) is 5.63. The van der Waals surface area contributed by atoms with Crippen LogP contribution in [-0.4, -0.2) is 17.5 Å². The van der Waals surface area contributed by atoms with Crippen molar-refractivity contribution in [1.82, 2.24) is 4.98 Å². The number of halogens is 3. The molecule has 25 heavy (non-hydrogen) atoms. The Labute approximate surface area is 163 Å². The number of carbonyl (C=O) groups is 1. The third-order valence-corrected chi connectivity index (χ3v) is 4.57. The van der Waals surface area contributed by atoms with Crippen LogP contribution in [-0.2, 0) is 4.79 Å². The van der Waals surface area contributed by atoms with Gasteiger partial charge < -0.3 is 10.1 Å². The first-order valence-corrected chi connectivity index (χ1v) is 8.92. The van der Waals surface area contributed by atoms with Crippen LogP contribution in [0, 0.1) is 6.92 Å². The molecule has 0 unspecified atom stereocenters. The summed E-state index contributed by atoms with van der Waals surface area (Å²) in [6, 6.07) is 12.6. The molecular weight excluding hydrogens is 427 g/mol. The van der Waals surface area contributed by atoms with Crippen molar-refractivity contribution in [1.29, 1.82) is 0 Å². The Morgan fingerprint density at radius 1 is 1.16 bits per heavy atom. The van der Waals surface area contributed by atoms with Crippen molar-refractivity contribution in [3.63, 3.8) is 0 Å². The highest BCUT2D eigenvalue weighted by Gasteiger charge is 2.14. The van der Waals surface area contributed by atoms with Gasteiger partial charge in [0, 0.05) is 21.2 Å². The van der Waals surface area contributed by atoms with Crippen LogP contribution >= 0.6 is 39.1 Å². The van der Waals surface area contributed by atoms with Crippen molar-refractivity contribution < 1.29 is 9.53 Å². The molecule has 0 saturated heterocycles. The summed E-state index contributed by atoms with van der Waals surface area (Å²) in [6.45, 7) is 1.67. The van der Waals surface area contributed by atoms with E-state index < -0.39 is 0 Å². The summed E-state index contributed by atoms with van der Waals surface area (Å²) in [7, 11) is 0. The quantitative estimate of drug-likeness (QED) is 0.573. The maximum atomic E-state index is 12.1. The third kappa shape index (κ3) is 4.24. The van der Waals surface area contributed by atoms with Crippen LogP contribution in [0.3, 0.4) is 0 Å². The number of pyridine rings is 1. The Morgan fingerprint density at radius 2 is 1.88 bits per heavy atom. The van der Waals surface area contributed by atoms with Crippen molar-refractivity contribution in [2.45, 2.75) is 6.92 Å². The van der Waals surface area contributed by atoms with Gasteiger partial charge in [0.15, 0.2) is 12.4 Å². The monoisotopic (exact) mass is 438 g/mol. The number of anilines is 1. The van der Waals surface area contributed by atoms with E-state index in [9.17, 15) is 4.79 Å². The topological polar surface area (TPSA) is 51.2 Å². The number of carbonyl (C=O) groups excluding carboxylic acids is 1. The molecule has 3 rings (SSSR count). The number of aryl methyl sites for hydroxylation is 1. The molecule has 1 N–H and O–H groups in total. The Kier molecular flexibility index (Phi) is 5.47. The minimum absolute atomic E-state index is 0.192. The molecule has 0 aliphatic carbocycles. The van der Waals surface area contributed by atoms with Crippen molar-refractivity contribution in [3.8, 4) is 5.75 Å². The number of hydrogen-bond acceptors (Lipinski definition) is 3. The summed E-state index contributed by atoms with van der Waals surface area (Å²) in [6.07, 6.45) is 0. The number of benzene rings is 2. The predicted molar refractivity (Wildman–Crippen MR) is 105 cm³/mol. The van der Waals surface area contributed by atoms with Crippen LogP contribution in [0.2, 0.25) is 10.0 Å². The lowest BCUT2D eigenvalue weighted by atomic mass is 10.2. The molecule has 3 aromatic rings. The van der Waals surface area contributed by atoms with E-state index in [-0.39, 0.29) is 12.5 Å². The molecule has 0 radical (unpaired) electrons. The summed E-state index contributed by atoms with van der Waals surface area (Å²) < 4.78 is 6.58. The highest BCUT2D eigenvalue weighted by Crippen LogP contribution is 2.37. The van der Waals surface area contributed by atoms with Crippen LogP contribution in [0.25, 0.3) is 10.9 Å². The maximum absolute atomic E-state index is 12.1. The van der Waals surface area contributed by atoms with Crippen molar-refractivity contribution >= 4 is 61.6 Å². The van der Waals surface area contributed by atoms with E-state index in [1.165, 1.54) is 0 Å². The SMILES string of the molecule is Cc1ccc2c(Cl)cc(Cl)c(OCC(=O)Nc3ccc(Br)cc3)c2n1. The van der Waals surface area contributed by atoms with Gasteiger partial charge in [-0.05, 0) is 49.4 Å². The Hall–Kier alpha value is -1.82. The average molecular weight is 440 g/mol. The summed E-state index contributed by atoms with van der Waals surface area (Å²) in [5, 5.41) is 4.27. The van der Waals surface area contributed by atoms with Gasteiger partial charge in [0.05, 0.1) is 10.0 Å². The Morgan fingerprint density at radius 3 is 2.60 bits per heavy atom. The summed E-state index contributed by atoms with van der Waals surface area (Å²) in [4.78, 5) is 16.6. The van der Waals surface area contributed by atoms with E-state index >= 15 is 0 Å². The molecular formula is C18H13BrCl2N2O2. The van der Waals surface area contributed by atoms with Crippen LogP contribution in [0.1, 0.15) is 5.69 Å². The number of ether oxygens (including phenoxy) is 1. The van der Waals surface area contributed by atoms with Gasteiger partial charge in [0.2, 0.25) is 0 Å². The van der Waals surface area contributed by atoms with Gasteiger partial charge in [0.1, 0.15) is 5.52 Å². The molecule has 0 saturated carbocycles. The number of amides is 1. The van der Waals surface area contributed by atoms with Crippen LogP contribution < -0.4 is 10.1 Å². The molecule has 1 amide bonds. The minimum Gasteiger partial charge on any atom is -0.480 e. The number of fused-ring (bicyclic) bond motifs is 1. The smallest absolute Gasteiger partial charge is 0.262 e. The van der Waals surface area contributed by atoms with Gasteiger partial charge in [-0.1, -0.05) is 39.1 Å². The Bertz CT molecular complexity index is 946. The van der Waals surface area contributed by atoms with Crippen LogP contribution in [0.4, 0.5) is 5.69 Å². The standard InChI is InChI=1S/C18H13BrCl2N2O2/c1-10-2-7-13-14(20)8-15(21)18(17(13)22-10)25-9-16(24)23-12-5-3-11(19)4-6-12/h2-8H,9H2,1H3,(H,23,24). The second kappa shape index (κ2) is 7.60. The van der Waals surface area contributed by atoms with Crippen molar-refractivity contribution in [2.75, 3.05) is 11.9 Å².